The van der Waals surface area contributed by atoms with Gasteiger partial charge in [0.1, 0.15) is 0 Å². The van der Waals surface area contributed by atoms with Gasteiger partial charge in [-0.05, 0) is 61.8 Å². The molecular weight excluding hydrogens is 420 g/mol. The number of piperidine rings is 1. The first-order valence-corrected chi connectivity index (χ1v) is 12.6. The molecule has 1 atom stereocenters. The van der Waals surface area contributed by atoms with E-state index < -0.39 is 0 Å². The van der Waals surface area contributed by atoms with Crippen LogP contribution in [0.15, 0.2) is 42.0 Å². The van der Waals surface area contributed by atoms with E-state index >= 15 is 0 Å². The molecule has 4 heterocycles. The molecule has 2 saturated heterocycles. The molecule has 0 bridgehead atoms. The Morgan fingerprint density at radius 1 is 1.19 bits per heavy atom. The van der Waals surface area contributed by atoms with Crippen LogP contribution in [0.1, 0.15) is 56.0 Å². The van der Waals surface area contributed by atoms with Crippen LogP contribution in [0.25, 0.3) is 0 Å². The highest BCUT2D eigenvalue weighted by molar-refractivity contribution is 7.10. The Hall–Kier alpha value is -2.25. The number of thiophene rings is 1. The topological polar surface area (TPSA) is 65.5 Å². The number of amides is 2. The van der Waals surface area contributed by atoms with Gasteiger partial charge in [-0.15, -0.1) is 11.3 Å². The molecule has 0 radical (unpaired) electrons. The SMILES string of the molecule is CC(C)C(=O)NC(CCN1CCC2(CC1)CCN(Cc1cccnc1)C2=O)c1cccs1. The van der Waals surface area contributed by atoms with Crippen LogP contribution in [0.3, 0.4) is 0 Å². The lowest BCUT2D eigenvalue weighted by Crippen LogP contribution is -2.45. The third-order valence-electron chi connectivity index (χ3n) is 6.97. The third-order valence-corrected chi connectivity index (χ3v) is 7.96. The standard InChI is InChI=1S/C25H34N4O2S/c1-19(2)23(30)27-21(22-6-4-16-32-22)7-12-28-13-8-25(9-14-28)10-15-29(24(25)31)18-20-5-3-11-26-17-20/h3-6,11,16-17,19,21H,7-10,12-15,18H2,1-2H3,(H,27,30). The lowest BCUT2D eigenvalue weighted by atomic mass is 9.77. The van der Waals surface area contributed by atoms with Crippen LogP contribution in [-0.2, 0) is 16.1 Å². The van der Waals surface area contributed by atoms with Crippen LogP contribution in [0.5, 0.6) is 0 Å². The lowest BCUT2D eigenvalue weighted by molar-refractivity contribution is -0.139. The molecule has 6 nitrogen and oxygen atoms in total. The zero-order valence-corrected chi connectivity index (χ0v) is 19.9. The highest BCUT2D eigenvalue weighted by Gasteiger charge is 2.47. The average molecular weight is 455 g/mol. The summed E-state index contributed by atoms with van der Waals surface area (Å²) in [5.74, 6) is 0.406. The number of aromatic nitrogens is 1. The van der Waals surface area contributed by atoms with Crippen molar-refractivity contribution in [3.05, 3.63) is 52.5 Å². The van der Waals surface area contributed by atoms with Gasteiger partial charge in [0.05, 0.1) is 11.5 Å². The molecule has 32 heavy (non-hydrogen) atoms. The van der Waals surface area contributed by atoms with E-state index in [2.05, 4.69) is 26.6 Å². The van der Waals surface area contributed by atoms with Crippen molar-refractivity contribution in [2.75, 3.05) is 26.2 Å². The molecule has 1 spiro atoms. The van der Waals surface area contributed by atoms with E-state index in [4.69, 9.17) is 0 Å². The van der Waals surface area contributed by atoms with Gasteiger partial charge in [-0.2, -0.15) is 0 Å². The van der Waals surface area contributed by atoms with Crippen molar-refractivity contribution in [1.29, 1.82) is 0 Å². The van der Waals surface area contributed by atoms with Crippen LogP contribution < -0.4 is 5.32 Å². The summed E-state index contributed by atoms with van der Waals surface area (Å²) in [4.78, 5) is 35.4. The first-order chi connectivity index (χ1) is 15.5. The number of carbonyl (C=O) groups is 2. The Labute approximate surface area is 195 Å². The van der Waals surface area contributed by atoms with E-state index in [-0.39, 0.29) is 23.3 Å². The van der Waals surface area contributed by atoms with Crippen molar-refractivity contribution in [1.82, 2.24) is 20.1 Å². The predicted octanol–water partition coefficient (Wildman–Crippen LogP) is 3.86. The first kappa shape index (κ1) is 22.9. The maximum absolute atomic E-state index is 13.2. The minimum Gasteiger partial charge on any atom is -0.348 e. The number of hydrogen-bond donors (Lipinski definition) is 1. The summed E-state index contributed by atoms with van der Waals surface area (Å²) in [5.41, 5.74) is 0.913. The summed E-state index contributed by atoms with van der Waals surface area (Å²) in [6.45, 7) is 8.20. The van der Waals surface area contributed by atoms with Gasteiger partial charge < -0.3 is 15.1 Å². The maximum Gasteiger partial charge on any atom is 0.229 e. The molecule has 2 fully saturated rings. The zero-order valence-electron chi connectivity index (χ0n) is 19.1. The first-order valence-electron chi connectivity index (χ1n) is 11.7. The summed E-state index contributed by atoms with van der Waals surface area (Å²) in [6, 6.07) is 8.17. The van der Waals surface area contributed by atoms with E-state index in [9.17, 15) is 9.59 Å². The summed E-state index contributed by atoms with van der Waals surface area (Å²) < 4.78 is 0. The minimum atomic E-state index is -0.183. The van der Waals surface area contributed by atoms with E-state index in [0.29, 0.717) is 12.5 Å². The third kappa shape index (κ3) is 5.21. The molecule has 1 N–H and O–H groups in total. The number of carbonyl (C=O) groups excluding carboxylic acids is 2. The van der Waals surface area contributed by atoms with Gasteiger partial charge in [0, 0.05) is 42.8 Å². The number of nitrogens with zero attached hydrogens (tertiary/aromatic N) is 3. The van der Waals surface area contributed by atoms with E-state index in [0.717, 1.165) is 57.4 Å². The molecule has 4 rings (SSSR count). The Bertz CT molecular complexity index is 892. The second-order valence-corrected chi connectivity index (χ2v) is 10.5. The monoisotopic (exact) mass is 454 g/mol. The average Bonchev–Trinajstić information content (AvgIpc) is 3.44. The zero-order chi connectivity index (χ0) is 22.6. The number of likely N-dealkylation sites (tertiary alicyclic amines) is 2. The lowest BCUT2D eigenvalue weighted by Gasteiger charge is -2.38. The van der Waals surface area contributed by atoms with Crippen molar-refractivity contribution >= 4 is 23.2 Å². The van der Waals surface area contributed by atoms with Gasteiger partial charge in [0.2, 0.25) is 11.8 Å². The van der Waals surface area contributed by atoms with E-state index in [1.54, 1.807) is 17.5 Å². The second kappa shape index (κ2) is 10.1. The molecule has 172 valence electrons. The van der Waals surface area contributed by atoms with Crippen LogP contribution in [-0.4, -0.2) is 52.8 Å². The summed E-state index contributed by atoms with van der Waals surface area (Å²) in [5, 5.41) is 5.29. The maximum atomic E-state index is 13.2. The fourth-order valence-corrected chi connectivity index (χ4v) is 5.66. The molecule has 0 aliphatic carbocycles. The van der Waals surface area contributed by atoms with Crippen molar-refractivity contribution in [3.8, 4) is 0 Å². The quantitative estimate of drug-likeness (QED) is 0.658. The number of nitrogens with one attached hydrogen (secondary N) is 1. The van der Waals surface area contributed by atoms with Gasteiger partial charge in [0.15, 0.2) is 0 Å². The second-order valence-electron chi connectivity index (χ2n) is 9.48. The fraction of sp³-hybridized carbons (Fsp3) is 0.560. The van der Waals surface area contributed by atoms with Gasteiger partial charge in [-0.25, -0.2) is 0 Å². The van der Waals surface area contributed by atoms with Crippen LogP contribution in [0.4, 0.5) is 0 Å². The fourth-order valence-electron chi connectivity index (χ4n) is 4.85. The molecule has 0 aromatic carbocycles. The molecule has 2 aliphatic rings. The molecule has 2 amide bonds. The highest BCUT2D eigenvalue weighted by atomic mass is 32.1. The summed E-state index contributed by atoms with van der Waals surface area (Å²) in [7, 11) is 0. The molecule has 2 aromatic heterocycles. The number of hydrogen-bond acceptors (Lipinski definition) is 5. The number of pyridine rings is 1. The van der Waals surface area contributed by atoms with Crippen LogP contribution in [0.2, 0.25) is 0 Å². The Morgan fingerprint density at radius 2 is 1.97 bits per heavy atom. The van der Waals surface area contributed by atoms with Crippen molar-refractivity contribution in [2.24, 2.45) is 11.3 Å². The molecule has 2 aromatic rings. The molecule has 2 aliphatic heterocycles. The van der Waals surface area contributed by atoms with Crippen LogP contribution in [0, 0.1) is 11.3 Å². The van der Waals surface area contributed by atoms with Crippen molar-refractivity contribution in [3.63, 3.8) is 0 Å². The summed E-state index contributed by atoms with van der Waals surface area (Å²) in [6.07, 6.45) is 7.33. The van der Waals surface area contributed by atoms with E-state index in [1.807, 2.05) is 43.1 Å². The molecular formula is C25H34N4O2S. The predicted molar refractivity (Wildman–Crippen MR) is 127 cm³/mol. The van der Waals surface area contributed by atoms with Gasteiger partial charge in [-0.3, -0.25) is 14.6 Å². The minimum absolute atomic E-state index is 0.0182. The highest BCUT2D eigenvalue weighted by Crippen LogP contribution is 2.42. The van der Waals surface area contributed by atoms with Gasteiger partial charge >= 0.3 is 0 Å². The summed E-state index contributed by atoms with van der Waals surface area (Å²) >= 11 is 1.70. The Kier molecular flexibility index (Phi) is 7.26. The molecule has 7 heteroatoms. The van der Waals surface area contributed by atoms with E-state index in [1.165, 1.54) is 4.88 Å². The molecule has 0 saturated carbocycles. The smallest absolute Gasteiger partial charge is 0.229 e. The number of rotatable bonds is 8. The van der Waals surface area contributed by atoms with Gasteiger partial charge in [-0.1, -0.05) is 26.0 Å². The van der Waals surface area contributed by atoms with Gasteiger partial charge in [0.25, 0.3) is 0 Å². The van der Waals surface area contributed by atoms with Crippen LogP contribution >= 0.6 is 11.3 Å². The normalized spacial score (nSPS) is 19.6. The van der Waals surface area contributed by atoms with Crippen molar-refractivity contribution < 1.29 is 9.59 Å². The van der Waals surface area contributed by atoms with Crippen molar-refractivity contribution in [2.45, 2.75) is 52.1 Å². The Balaban J connectivity index is 1.29. The molecule has 1 unspecified atom stereocenters. The largest absolute Gasteiger partial charge is 0.348 e. The Morgan fingerprint density at radius 3 is 2.62 bits per heavy atom.